The Bertz CT molecular complexity index is 460. The second-order valence-corrected chi connectivity index (χ2v) is 5.26. The lowest BCUT2D eigenvalue weighted by Gasteiger charge is -2.21. The highest BCUT2D eigenvalue weighted by molar-refractivity contribution is 6.30. The van der Waals surface area contributed by atoms with Gasteiger partial charge < -0.3 is 4.74 Å². The van der Waals surface area contributed by atoms with Crippen molar-refractivity contribution in [1.29, 1.82) is 0 Å². The predicted octanol–water partition coefficient (Wildman–Crippen LogP) is 1.46. The van der Waals surface area contributed by atoms with Crippen molar-refractivity contribution in [2.75, 3.05) is 6.61 Å². The smallest absolute Gasteiger partial charge is 0.329 e. The number of fused-ring (bicyclic) bond motifs is 1. The summed E-state index contributed by atoms with van der Waals surface area (Å²) in [6, 6.07) is -0.871. The standard InChI is InChI=1S/C13H16ClNO4/c1-3-19-13(18)7(2)15-11(16)9-5-4-8(14)6-10(9)12(15)17/h4,7,9-10H,3,5-6H2,1-2H3/t7-,9+,10+/m1/s1. The first-order valence-electron chi connectivity index (χ1n) is 6.35. The molecular weight excluding hydrogens is 270 g/mol. The maximum atomic E-state index is 12.3. The highest BCUT2D eigenvalue weighted by Gasteiger charge is 2.51. The molecule has 19 heavy (non-hydrogen) atoms. The van der Waals surface area contributed by atoms with Crippen molar-refractivity contribution in [3.05, 3.63) is 11.1 Å². The lowest BCUT2D eigenvalue weighted by atomic mass is 9.85. The van der Waals surface area contributed by atoms with Crippen LogP contribution >= 0.6 is 11.6 Å². The van der Waals surface area contributed by atoms with E-state index in [0.29, 0.717) is 17.9 Å². The van der Waals surface area contributed by atoms with Gasteiger partial charge in [0.1, 0.15) is 6.04 Å². The number of hydrogen-bond donors (Lipinski definition) is 0. The lowest BCUT2D eigenvalue weighted by Crippen LogP contribution is -2.44. The maximum absolute atomic E-state index is 12.3. The molecule has 2 aliphatic rings. The number of nitrogens with zero attached hydrogens (tertiary/aromatic N) is 1. The van der Waals surface area contributed by atoms with Crippen LogP contribution in [0, 0.1) is 11.8 Å². The van der Waals surface area contributed by atoms with Gasteiger partial charge in [0.25, 0.3) is 0 Å². The van der Waals surface area contributed by atoms with Crippen molar-refractivity contribution in [1.82, 2.24) is 4.90 Å². The maximum Gasteiger partial charge on any atom is 0.329 e. The first kappa shape index (κ1) is 14.1. The summed E-state index contributed by atoms with van der Waals surface area (Å²) in [6.45, 7) is 3.42. The number of esters is 1. The molecule has 0 saturated carbocycles. The Hall–Kier alpha value is -1.36. The Morgan fingerprint density at radius 3 is 2.74 bits per heavy atom. The lowest BCUT2D eigenvalue weighted by molar-refractivity contribution is -0.157. The number of imide groups is 1. The highest BCUT2D eigenvalue weighted by atomic mass is 35.5. The number of halogens is 1. The minimum absolute atomic E-state index is 0.222. The van der Waals surface area contributed by atoms with E-state index in [-0.39, 0.29) is 24.3 Å². The molecule has 0 unspecified atom stereocenters. The minimum Gasteiger partial charge on any atom is -0.464 e. The van der Waals surface area contributed by atoms with Crippen molar-refractivity contribution < 1.29 is 19.1 Å². The molecule has 104 valence electrons. The molecule has 1 aliphatic heterocycles. The normalized spacial score (nSPS) is 27.9. The first-order valence-corrected chi connectivity index (χ1v) is 6.73. The van der Waals surface area contributed by atoms with E-state index < -0.39 is 17.9 Å². The molecule has 0 aromatic carbocycles. The van der Waals surface area contributed by atoms with Crippen LogP contribution in [0.3, 0.4) is 0 Å². The number of rotatable bonds is 3. The van der Waals surface area contributed by atoms with Crippen molar-refractivity contribution in [3.63, 3.8) is 0 Å². The predicted molar refractivity (Wildman–Crippen MR) is 68.1 cm³/mol. The van der Waals surface area contributed by atoms with Crippen LogP contribution in [-0.4, -0.2) is 35.3 Å². The first-order chi connectivity index (χ1) is 8.97. The number of hydrogen-bond acceptors (Lipinski definition) is 4. The van der Waals surface area contributed by atoms with Crippen molar-refractivity contribution >= 4 is 29.4 Å². The van der Waals surface area contributed by atoms with Crippen LogP contribution in [0.4, 0.5) is 0 Å². The molecular formula is C13H16ClNO4. The van der Waals surface area contributed by atoms with Crippen LogP contribution in [0.5, 0.6) is 0 Å². The summed E-state index contributed by atoms with van der Waals surface area (Å²) < 4.78 is 4.86. The largest absolute Gasteiger partial charge is 0.464 e. The van der Waals surface area contributed by atoms with Gasteiger partial charge in [-0.1, -0.05) is 17.7 Å². The fourth-order valence-electron chi connectivity index (χ4n) is 2.60. The summed E-state index contributed by atoms with van der Waals surface area (Å²) >= 11 is 5.92. The van der Waals surface area contributed by atoms with Crippen molar-refractivity contribution in [2.45, 2.75) is 32.7 Å². The van der Waals surface area contributed by atoms with Gasteiger partial charge >= 0.3 is 5.97 Å². The van der Waals surface area contributed by atoms with E-state index in [1.165, 1.54) is 6.92 Å². The van der Waals surface area contributed by atoms with E-state index in [0.717, 1.165) is 4.90 Å². The van der Waals surface area contributed by atoms with Gasteiger partial charge in [-0.2, -0.15) is 0 Å². The van der Waals surface area contributed by atoms with Crippen LogP contribution in [0.25, 0.3) is 0 Å². The molecule has 2 rings (SSSR count). The Morgan fingerprint density at radius 1 is 1.47 bits per heavy atom. The van der Waals surface area contributed by atoms with Crippen molar-refractivity contribution in [2.24, 2.45) is 11.8 Å². The molecule has 1 fully saturated rings. The van der Waals surface area contributed by atoms with Crippen LogP contribution in [0.1, 0.15) is 26.7 Å². The average Bonchev–Trinajstić information content (AvgIpc) is 2.61. The Kier molecular flexibility index (Phi) is 3.94. The third-order valence-electron chi connectivity index (χ3n) is 3.62. The number of carbonyl (C=O) groups is 3. The third kappa shape index (κ3) is 2.39. The van der Waals surface area contributed by atoms with Crippen LogP contribution in [-0.2, 0) is 19.1 Å². The number of allylic oxidation sites excluding steroid dienone is 2. The number of likely N-dealkylation sites (tertiary alicyclic amines) is 1. The third-order valence-corrected chi connectivity index (χ3v) is 3.93. The van der Waals surface area contributed by atoms with Crippen LogP contribution in [0.2, 0.25) is 0 Å². The molecule has 0 radical (unpaired) electrons. The number of ether oxygens (including phenoxy) is 1. The zero-order valence-electron chi connectivity index (χ0n) is 10.9. The molecule has 3 atom stereocenters. The Morgan fingerprint density at radius 2 is 2.11 bits per heavy atom. The molecule has 0 spiro atoms. The van der Waals surface area contributed by atoms with E-state index in [4.69, 9.17) is 16.3 Å². The van der Waals surface area contributed by atoms with Gasteiger partial charge in [0.2, 0.25) is 11.8 Å². The molecule has 0 bridgehead atoms. The zero-order valence-corrected chi connectivity index (χ0v) is 11.6. The zero-order chi connectivity index (χ0) is 14.2. The van der Waals surface area contributed by atoms with E-state index in [2.05, 4.69) is 0 Å². The van der Waals surface area contributed by atoms with Gasteiger partial charge in [0, 0.05) is 5.03 Å². The van der Waals surface area contributed by atoms with Crippen LogP contribution in [0.15, 0.2) is 11.1 Å². The summed E-state index contributed by atoms with van der Waals surface area (Å²) in [6.07, 6.45) is 2.61. The molecule has 1 heterocycles. The van der Waals surface area contributed by atoms with Gasteiger partial charge in [0.05, 0.1) is 18.4 Å². The number of amides is 2. The van der Waals surface area contributed by atoms with Gasteiger partial charge in [-0.05, 0) is 26.7 Å². The second-order valence-electron chi connectivity index (χ2n) is 4.78. The summed E-state index contributed by atoms with van der Waals surface area (Å²) in [4.78, 5) is 37.2. The molecule has 1 saturated heterocycles. The van der Waals surface area contributed by atoms with Gasteiger partial charge in [-0.25, -0.2) is 4.79 Å². The molecule has 2 amide bonds. The summed E-state index contributed by atoms with van der Waals surface area (Å²) in [5.41, 5.74) is 0. The van der Waals surface area contributed by atoms with E-state index in [1.807, 2.05) is 0 Å². The monoisotopic (exact) mass is 285 g/mol. The van der Waals surface area contributed by atoms with Gasteiger partial charge in [-0.15, -0.1) is 0 Å². The summed E-state index contributed by atoms with van der Waals surface area (Å²) in [5, 5.41) is 0.605. The highest BCUT2D eigenvalue weighted by Crippen LogP contribution is 2.39. The Balaban J connectivity index is 2.19. The molecule has 0 N–H and O–H groups in total. The average molecular weight is 286 g/mol. The van der Waals surface area contributed by atoms with E-state index in [9.17, 15) is 14.4 Å². The Labute approximate surface area is 116 Å². The molecule has 5 nitrogen and oxygen atoms in total. The molecule has 6 heteroatoms. The molecule has 0 aromatic heterocycles. The quantitative estimate of drug-likeness (QED) is 0.582. The van der Waals surface area contributed by atoms with Gasteiger partial charge in [-0.3, -0.25) is 14.5 Å². The fraction of sp³-hybridized carbons (Fsp3) is 0.615. The van der Waals surface area contributed by atoms with E-state index in [1.54, 1.807) is 13.0 Å². The summed E-state index contributed by atoms with van der Waals surface area (Å²) in [7, 11) is 0. The summed E-state index contributed by atoms with van der Waals surface area (Å²) in [5.74, 6) is -1.98. The number of carbonyl (C=O) groups excluding carboxylic acids is 3. The topological polar surface area (TPSA) is 63.7 Å². The fourth-order valence-corrected chi connectivity index (χ4v) is 2.86. The molecule has 1 aliphatic carbocycles. The second kappa shape index (κ2) is 5.33. The minimum atomic E-state index is -0.871. The SMILES string of the molecule is CCOC(=O)[C@@H](C)N1C(=O)[C@H]2CC=C(Cl)C[C@@H]2C1=O. The van der Waals surface area contributed by atoms with Crippen molar-refractivity contribution in [3.8, 4) is 0 Å². The van der Waals surface area contributed by atoms with Gasteiger partial charge in [0.15, 0.2) is 0 Å². The van der Waals surface area contributed by atoms with E-state index >= 15 is 0 Å². The molecule has 0 aromatic rings. The van der Waals surface area contributed by atoms with Crippen LogP contribution < -0.4 is 0 Å².